The van der Waals surface area contributed by atoms with Crippen molar-refractivity contribution in [2.24, 2.45) is 0 Å². The Labute approximate surface area is 114 Å². The summed E-state index contributed by atoms with van der Waals surface area (Å²) >= 11 is 0. The number of H-pyrrole nitrogens is 1. The van der Waals surface area contributed by atoms with Crippen LogP contribution in [0.15, 0.2) is 55.0 Å². The molecular formula is C15H11F2N3. The topological polar surface area (TPSA) is 41.6 Å². The number of nitrogens with one attached hydrogen (secondary N) is 1. The van der Waals surface area contributed by atoms with E-state index in [1.54, 1.807) is 12.4 Å². The second-order valence-corrected chi connectivity index (χ2v) is 4.36. The van der Waals surface area contributed by atoms with E-state index in [0.717, 1.165) is 16.8 Å². The molecule has 2 aromatic heterocycles. The summed E-state index contributed by atoms with van der Waals surface area (Å²) in [4.78, 5) is 3.87. The molecule has 0 aliphatic rings. The highest BCUT2D eigenvalue weighted by Gasteiger charge is 2.09. The monoisotopic (exact) mass is 271 g/mol. The molecule has 20 heavy (non-hydrogen) atoms. The number of benzene rings is 1. The molecule has 0 radical (unpaired) electrons. The lowest BCUT2D eigenvalue weighted by molar-refractivity contribution is 0.151. The van der Waals surface area contributed by atoms with E-state index >= 15 is 0 Å². The highest BCUT2D eigenvalue weighted by Crippen LogP contribution is 2.27. The van der Waals surface area contributed by atoms with Gasteiger partial charge >= 0.3 is 0 Å². The van der Waals surface area contributed by atoms with Crippen molar-refractivity contribution in [2.45, 2.75) is 6.43 Å². The third-order valence-electron chi connectivity index (χ3n) is 3.02. The van der Waals surface area contributed by atoms with Crippen molar-refractivity contribution in [3.8, 4) is 22.4 Å². The highest BCUT2D eigenvalue weighted by atomic mass is 19.3. The minimum Gasteiger partial charge on any atom is -0.278 e. The van der Waals surface area contributed by atoms with E-state index in [1.165, 1.54) is 12.3 Å². The largest absolute Gasteiger partial charge is 0.278 e. The maximum absolute atomic E-state index is 12.7. The summed E-state index contributed by atoms with van der Waals surface area (Å²) in [6, 6.07) is 10.9. The van der Waals surface area contributed by atoms with Crippen molar-refractivity contribution in [1.29, 1.82) is 0 Å². The van der Waals surface area contributed by atoms with Crippen LogP contribution < -0.4 is 0 Å². The summed E-state index contributed by atoms with van der Waals surface area (Å²) in [5, 5.41) is 6.78. The Morgan fingerprint density at radius 2 is 1.80 bits per heavy atom. The molecule has 5 heteroatoms. The number of alkyl halides is 2. The summed E-state index contributed by atoms with van der Waals surface area (Å²) < 4.78 is 25.4. The van der Waals surface area contributed by atoms with Crippen LogP contribution in [0.25, 0.3) is 22.4 Å². The van der Waals surface area contributed by atoms with Gasteiger partial charge in [-0.15, -0.1) is 0 Å². The number of pyridine rings is 1. The summed E-state index contributed by atoms with van der Waals surface area (Å²) in [5.41, 5.74) is 3.26. The van der Waals surface area contributed by atoms with Gasteiger partial charge in [-0.3, -0.25) is 10.1 Å². The zero-order valence-electron chi connectivity index (χ0n) is 10.4. The summed E-state index contributed by atoms with van der Waals surface area (Å²) in [6.45, 7) is 0. The molecule has 3 rings (SSSR count). The lowest BCUT2D eigenvalue weighted by Gasteiger charge is -2.06. The Kier molecular flexibility index (Phi) is 3.25. The third-order valence-corrected chi connectivity index (χ3v) is 3.02. The van der Waals surface area contributed by atoms with E-state index in [-0.39, 0.29) is 5.56 Å². The van der Waals surface area contributed by atoms with Crippen LogP contribution in [-0.4, -0.2) is 15.2 Å². The first-order chi connectivity index (χ1) is 9.74. The molecule has 1 N–H and O–H groups in total. The highest BCUT2D eigenvalue weighted by molar-refractivity contribution is 5.71. The summed E-state index contributed by atoms with van der Waals surface area (Å²) in [6.07, 6.45) is 1.92. The number of hydrogen-bond donors (Lipinski definition) is 1. The van der Waals surface area contributed by atoms with E-state index in [2.05, 4.69) is 15.2 Å². The van der Waals surface area contributed by atoms with Gasteiger partial charge in [0.25, 0.3) is 6.43 Å². The number of aromatic amines is 1. The minimum absolute atomic E-state index is 0.0746. The van der Waals surface area contributed by atoms with Crippen molar-refractivity contribution in [1.82, 2.24) is 15.2 Å². The molecule has 1 aromatic carbocycles. The van der Waals surface area contributed by atoms with Gasteiger partial charge in [0.05, 0.1) is 5.69 Å². The molecule has 0 aliphatic heterocycles. The van der Waals surface area contributed by atoms with Crippen molar-refractivity contribution < 1.29 is 8.78 Å². The Balaban J connectivity index is 2.02. The van der Waals surface area contributed by atoms with Crippen LogP contribution in [0.3, 0.4) is 0 Å². The molecule has 0 saturated heterocycles. The molecule has 0 spiro atoms. The van der Waals surface area contributed by atoms with Crippen molar-refractivity contribution >= 4 is 0 Å². The maximum Gasteiger partial charge on any atom is 0.265 e. The fraction of sp³-hybridized carbons (Fsp3) is 0.0667. The van der Waals surface area contributed by atoms with Gasteiger partial charge < -0.3 is 0 Å². The van der Waals surface area contributed by atoms with Gasteiger partial charge in [-0.1, -0.05) is 18.2 Å². The van der Waals surface area contributed by atoms with Crippen LogP contribution in [-0.2, 0) is 0 Å². The molecular weight excluding hydrogens is 260 g/mol. The first kappa shape index (κ1) is 12.5. The Morgan fingerprint density at radius 1 is 0.950 bits per heavy atom. The maximum atomic E-state index is 12.7. The van der Waals surface area contributed by atoms with Gasteiger partial charge in [-0.05, 0) is 23.8 Å². The molecule has 0 saturated carbocycles. The average molecular weight is 271 g/mol. The van der Waals surface area contributed by atoms with Crippen LogP contribution >= 0.6 is 0 Å². The van der Waals surface area contributed by atoms with Crippen molar-refractivity contribution in [3.05, 3.63) is 60.6 Å². The van der Waals surface area contributed by atoms with Gasteiger partial charge in [0.1, 0.15) is 0 Å². The van der Waals surface area contributed by atoms with E-state index in [4.69, 9.17) is 0 Å². The molecule has 100 valence electrons. The molecule has 3 nitrogen and oxygen atoms in total. The normalized spacial score (nSPS) is 10.9. The second-order valence-electron chi connectivity index (χ2n) is 4.36. The Morgan fingerprint density at radius 3 is 2.55 bits per heavy atom. The quantitative estimate of drug-likeness (QED) is 0.780. The second kappa shape index (κ2) is 5.21. The van der Waals surface area contributed by atoms with Gasteiger partial charge in [0.2, 0.25) is 0 Å². The van der Waals surface area contributed by atoms with Gasteiger partial charge in [0.15, 0.2) is 0 Å². The zero-order valence-corrected chi connectivity index (χ0v) is 10.4. The van der Waals surface area contributed by atoms with Crippen LogP contribution in [0, 0.1) is 0 Å². The molecule has 0 fully saturated rings. The standard InChI is InChI=1S/C15H11F2N3/c16-15(17)13-7-12(8-18-9-13)10-2-1-3-11(6-10)14-4-5-19-20-14/h1-9,15H,(H,19,20). The van der Waals surface area contributed by atoms with E-state index in [1.807, 2.05) is 30.3 Å². The van der Waals surface area contributed by atoms with Gasteiger partial charge in [-0.25, -0.2) is 8.78 Å². The van der Waals surface area contributed by atoms with Gasteiger partial charge in [0, 0.05) is 35.3 Å². The summed E-state index contributed by atoms with van der Waals surface area (Å²) in [7, 11) is 0. The molecule has 0 unspecified atom stereocenters. The molecule has 3 aromatic rings. The average Bonchev–Trinajstić information content (AvgIpc) is 3.02. The Hall–Kier alpha value is -2.56. The first-order valence-corrected chi connectivity index (χ1v) is 6.07. The molecule has 0 amide bonds. The number of halogens is 2. The molecule has 0 aliphatic carbocycles. The molecule has 0 atom stereocenters. The lowest BCUT2D eigenvalue weighted by Crippen LogP contribution is -1.88. The van der Waals surface area contributed by atoms with E-state index in [0.29, 0.717) is 5.56 Å². The molecule has 2 heterocycles. The fourth-order valence-electron chi connectivity index (χ4n) is 2.02. The van der Waals surface area contributed by atoms with Crippen molar-refractivity contribution in [2.75, 3.05) is 0 Å². The van der Waals surface area contributed by atoms with E-state index < -0.39 is 6.43 Å². The zero-order chi connectivity index (χ0) is 13.9. The smallest absolute Gasteiger partial charge is 0.265 e. The third kappa shape index (κ3) is 2.42. The predicted octanol–water partition coefficient (Wildman–Crippen LogP) is 4.08. The van der Waals surface area contributed by atoms with Crippen molar-refractivity contribution in [3.63, 3.8) is 0 Å². The number of hydrogen-bond acceptors (Lipinski definition) is 2. The van der Waals surface area contributed by atoms with Gasteiger partial charge in [-0.2, -0.15) is 5.10 Å². The number of nitrogens with zero attached hydrogens (tertiary/aromatic N) is 2. The van der Waals surface area contributed by atoms with E-state index in [9.17, 15) is 8.78 Å². The first-order valence-electron chi connectivity index (χ1n) is 6.07. The molecule has 0 bridgehead atoms. The fourth-order valence-corrected chi connectivity index (χ4v) is 2.02. The van der Waals surface area contributed by atoms with Crippen LogP contribution in [0.2, 0.25) is 0 Å². The Bertz CT molecular complexity index is 709. The summed E-state index contributed by atoms with van der Waals surface area (Å²) in [5.74, 6) is 0. The number of rotatable bonds is 3. The van der Waals surface area contributed by atoms with Crippen LogP contribution in [0.4, 0.5) is 8.78 Å². The SMILES string of the molecule is FC(F)c1cncc(-c2cccc(-c3ccn[nH]3)c2)c1. The lowest BCUT2D eigenvalue weighted by atomic mass is 10.0. The predicted molar refractivity (Wildman–Crippen MR) is 72.2 cm³/mol. The number of aromatic nitrogens is 3. The minimum atomic E-state index is -2.52. The van der Waals surface area contributed by atoms with Crippen LogP contribution in [0.1, 0.15) is 12.0 Å². The van der Waals surface area contributed by atoms with Crippen LogP contribution in [0.5, 0.6) is 0 Å².